The molecule has 1 amide bonds. The number of amides is 1. The normalized spacial score (nSPS) is 12.3. The Bertz CT molecular complexity index is 915. The molecule has 1 unspecified atom stereocenters. The van der Waals surface area contributed by atoms with Gasteiger partial charge in [-0.3, -0.25) is 9.10 Å². The van der Waals surface area contributed by atoms with Crippen LogP contribution in [0.5, 0.6) is 5.75 Å². The number of rotatable bonds is 6. The van der Waals surface area contributed by atoms with E-state index in [1.165, 1.54) is 20.2 Å². The third kappa shape index (κ3) is 4.76. The molecule has 6 nitrogen and oxygen atoms in total. The number of hydrogen-bond acceptors (Lipinski definition) is 4. The number of carbonyl (C=O) groups excluding carboxylic acids is 1. The van der Waals surface area contributed by atoms with E-state index in [4.69, 9.17) is 4.74 Å². The quantitative estimate of drug-likeness (QED) is 0.746. The maximum absolute atomic E-state index is 12.7. The molecule has 0 spiro atoms. The van der Waals surface area contributed by atoms with Crippen molar-refractivity contribution in [3.63, 3.8) is 0 Å². The summed E-state index contributed by atoms with van der Waals surface area (Å²) >= 11 is 3.41. The molecule has 0 aliphatic heterocycles. The maximum Gasteiger partial charge on any atom is 0.255 e. The smallest absolute Gasteiger partial charge is 0.255 e. The minimum Gasteiger partial charge on any atom is -0.496 e. The largest absolute Gasteiger partial charge is 0.496 e. The van der Waals surface area contributed by atoms with Crippen LogP contribution in [0, 0.1) is 0 Å². The SMILES string of the molecule is COc1ccc(N(C)S(C)(=O)=O)cc1C(=O)NC(C)c1cccc(Br)c1. The van der Waals surface area contributed by atoms with Gasteiger partial charge in [0.25, 0.3) is 5.91 Å². The minimum atomic E-state index is -3.43. The highest BCUT2D eigenvalue weighted by molar-refractivity contribution is 9.10. The molecule has 0 fully saturated rings. The lowest BCUT2D eigenvalue weighted by atomic mass is 10.1. The lowest BCUT2D eigenvalue weighted by Gasteiger charge is -2.20. The Hall–Kier alpha value is -2.06. The molecular weight excluding hydrogens is 420 g/mol. The molecule has 0 aromatic heterocycles. The van der Waals surface area contributed by atoms with Crippen molar-refractivity contribution in [2.45, 2.75) is 13.0 Å². The summed E-state index contributed by atoms with van der Waals surface area (Å²) in [6.45, 7) is 1.87. The summed E-state index contributed by atoms with van der Waals surface area (Å²) in [5, 5.41) is 2.91. The Kier molecular flexibility index (Phi) is 6.30. The van der Waals surface area contributed by atoms with Gasteiger partial charge in [-0.05, 0) is 42.8 Å². The number of hydrogen-bond donors (Lipinski definition) is 1. The van der Waals surface area contributed by atoms with Gasteiger partial charge in [-0.15, -0.1) is 0 Å². The fourth-order valence-electron chi connectivity index (χ4n) is 2.39. The van der Waals surface area contributed by atoms with Crippen molar-refractivity contribution in [1.29, 1.82) is 0 Å². The van der Waals surface area contributed by atoms with Gasteiger partial charge in [0.15, 0.2) is 0 Å². The fourth-order valence-corrected chi connectivity index (χ4v) is 3.31. The number of anilines is 1. The minimum absolute atomic E-state index is 0.235. The zero-order chi connectivity index (χ0) is 19.5. The third-order valence-corrected chi connectivity index (χ3v) is 5.68. The molecule has 0 radical (unpaired) electrons. The summed E-state index contributed by atoms with van der Waals surface area (Å²) in [5.74, 6) is 0.0210. The number of methoxy groups -OCH3 is 1. The molecule has 8 heteroatoms. The van der Waals surface area contributed by atoms with Crippen LogP contribution < -0.4 is 14.4 Å². The van der Waals surface area contributed by atoms with Gasteiger partial charge in [-0.25, -0.2) is 8.42 Å². The molecule has 1 N–H and O–H groups in total. The van der Waals surface area contributed by atoms with Gasteiger partial charge >= 0.3 is 0 Å². The maximum atomic E-state index is 12.7. The van der Waals surface area contributed by atoms with E-state index in [1.807, 2.05) is 31.2 Å². The lowest BCUT2D eigenvalue weighted by Crippen LogP contribution is -2.28. The van der Waals surface area contributed by atoms with Crippen molar-refractivity contribution in [2.24, 2.45) is 0 Å². The molecule has 140 valence electrons. The highest BCUT2D eigenvalue weighted by atomic mass is 79.9. The summed E-state index contributed by atoms with van der Waals surface area (Å²) in [6, 6.07) is 12.1. The Balaban J connectivity index is 2.32. The molecule has 2 aromatic carbocycles. The van der Waals surface area contributed by atoms with Crippen molar-refractivity contribution in [3.8, 4) is 5.75 Å². The Morgan fingerprint density at radius 3 is 2.50 bits per heavy atom. The van der Waals surface area contributed by atoms with E-state index in [1.54, 1.807) is 12.1 Å². The van der Waals surface area contributed by atoms with E-state index in [-0.39, 0.29) is 17.5 Å². The van der Waals surface area contributed by atoms with Crippen molar-refractivity contribution >= 4 is 37.5 Å². The number of nitrogens with zero attached hydrogens (tertiary/aromatic N) is 1. The molecule has 2 aromatic rings. The van der Waals surface area contributed by atoms with Crippen molar-refractivity contribution in [1.82, 2.24) is 5.32 Å². The second kappa shape index (κ2) is 8.09. The molecule has 26 heavy (non-hydrogen) atoms. The molecule has 0 aliphatic rings. The van der Waals surface area contributed by atoms with Crippen LogP contribution in [0.4, 0.5) is 5.69 Å². The summed E-state index contributed by atoms with van der Waals surface area (Å²) in [4.78, 5) is 12.7. The van der Waals surface area contributed by atoms with E-state index in [0.717, 1.165) is 20.6 Å². The summed E-state index contributed by atoms with van der Waals surface area (Å²) in [5.41, 5.74) is 1.59. The van der Waals surface area contributed by atoms with Crippen LogP contribution in [-0.4, -0.2) is 34.7 Å². The highest BCUT2D eigenvalue weighted by Gasteiger charge is 2.19. The topological polar surface area (TPSA) is 75.7 Å². The van der Waals surface area contributed by atoms with Crippen LogP contribution in [-0.2, 0) is 10.0 Å². The van der Waals surface area contributed by atoms with E-state index < -0.39 is 10.0 Å². The van der Waals surface area contributed by atoms with Crippen LogP contribution >= 0.6 is 15.9 Å². The number of ether oxygens (including phenoxy) is 1. The predicted octanol–water partition coefficient (Wildman–Crippen LogP) is 3.34. The van der Waals surface area contributed by atoms with Gasteiger partial charge in [-0.2, -0.15) is 0 Å². The number of sulfonamides is 1. The molecule has 0 saturated carbocycles. The first-order valence-corrected chi connectivity index (χ1v) is 10.5. The van der Waals surface area contributed by atoms with E-state index in [0.29, 0.717) is 11.4 Å². The van der Waals surface area contributed by atoms with Gasteiger partial charge in [0.2, 0.25) is 10.0 Å². The van der Waals surface area contributed by atoms with Gasteiger partial charge in [0.05, 0.1) is 30.7 Å². The summed E-state index contributed by atoms with van der Waals surface area (Å²) < 4.78 is 30.8. The Morgan fingerprint density at radius 2 is 1.92 bits per heavy atom. The van der Waals surface area contributed by atoms with Gasteiger partial charge in [0, 0.05) is 11.5 Å². The third-order valence-electron chi connectivity index (χ3n) is 3.99. The molecular formula is C18H21BrN2O4S. The van der Waals surface area contributed by atoms with E-state index in [9.17, 15) is 13.2 Å². The standard InChI is InChI=1S/C18H21BrN2O4S/c1-12(13-6-5-7-14(19)10-13)20-18(22)16-11-15(8-9-17(16)25-3)21(2)26(4,23)24/h5-12H,1-4H3,(H,20,22). The van der Waals surface area contributed by atoms with Crippen LogP contribution in [0.2, 0.25) is 0 Å². The monoisotopic (exact) mass is 440 g/mol. The number of carbonyl (C=O) groups is 1. The fraction of sp³-hybridized carbons (Fsp3) is 0.278. The second-order valence-electron chi connectivity index (χ2n) is 5.87. The lowest BCUT2D eigenvalue weighted by molar-refractivity contribution is 0.0937. The van der Waals surface area contributed by atoms with Gasteiger partial charge in [0.1, 0.15) is 5.75 Å². The summed E-state index contributed by atoms with van der Waals surface area (Å²) in [6.07, 6.45) is 1.10. The van der Waals surface area contributed by atoms with Crippen LogP contribution in [0.3, 0.4) is 0 Å². The van der Waals surface area contributed by atoms with Crippen molar-refractivity contribution < 1.29 is 17.9 Å². The van der Waals surface area contributed by atoms with E-state index >= 15 is 0 Å². The Morgan fingerprint density at radius 1 is 1.23 bits per heavy atom. The van der Waals surface area contributed by atoms with E-state index in [2.05, 4.69) is 21.2 Å². The van der Waals surface area contributed by atoms with Gasteiger partial charge < -0.3 is 10.1 Å². The predicted molar refractivity (Wildman–Crippen MR) is 106 cm³/mol. The number of halogens is 1. The van der Waals surface area contributed by atoms with Gasteiger partial charge in [-0.1, -0.05) is 28.1 Å². The van der Waals surface area contributed by atoms with Crippen molar-refractivity contribution in [3.05, 3.63) is 58.1 Å². The molecule has 1 atom stereocenters. The molecule has 0 aliphatic carbocycles. The first-order chi connectivity index (χ1) is 12.1. The average Bonchev–Trinajstić information content (AvgIpc) is 2.59. The molecule has 0 heterocycles. The number of benzene rings is 2. The number of nitrogens with one attached hydrogen (secondary N) is 1. The van der Waals surface area contributed by atoms with Crippen LogP contribution in [0.15, 0.2) is 46.9 Å². The zero-order valence-corrected chi connectivity index (χ0v) is 17.4. The highest BCUT2D eigenvalue weighted by Crippen LogP contribution is 2.26. The molecule has 0 saturated heterocycles. The van der Waals surface area contributed by atoms with Crippen LogP contribution in [0.1, 0.15) is 28.9 Å². The van der Waals surface area contributed by atoms with Crippen LogP contribution in [0.25, 0.3) is 0 Å². The second-order valence-corrected chi connectivity index (χ2v) is 8.79. The first-order valence-electron chi connectivity index (χ1n) is 7.81. The van der Waals surface area contributed by atoms with Crippen molar-refractivity contribution in [2.75, 3.05) is 24.7 Å². The first kappa shape index (κ1) is 20.3. The average molecular weight is 441 g/mol. The molecule has 2 rings (SSSR count). The zero-order valence-electron chi connectivity index (χ0n) is 15.0. The molecule has 0 bridgehead atoms. The summed E-state index contributed by atoms with van der Waals surface area (Å²) in [7, 11) is -0.538. The Labute approximate surface area is 162 Å².